The van der Waals surface area contributed by atoms with E-state index in [1.165, 1.54) is 60.4 Å². The van der Waals surface area contributed by atoms with Gasteiger partial charge in [0.2, 0.25) is 0 Å². The molecule has 0 bridgehead atoms. The molecule has 1 heteroatoms. The molecule has 5 aromatic carbocycles. The lowest BCUT2D eigenvalue weighted by molar-refractivity contribution is 1.12. The van der Waals surface area contributed by atoms with Gasteiger partial charge >= 0.3 is 0 Å². The maximum atomic E-state index is 2.44. The van der Waals surface area contributed by atoms with E-state index in [1.54, 1.807) is 0 Å². The van der Waals surface area contributed by atoms with Gasteiger partial charge in [0.25, 0.3) is 0 Å². The van der Waals surface area contributed by atoms with Gasteiger partial charge in [-0.1, -0.05) is 96.6 Å². The summed E-state index contributed by atoms with van der Waals surface area (Å²) in [6.45, 7) is 2.15. The van der Waals surface area contributed by atoms with Crippen LogP contribution in [0.2, 0.25) is 0 Å². The van der Waals surface area contributed by atoms with Crippen molar-refractivity contribution in [3.05, 3.63) is 119 Å². The fourth-order valence-corrected chi connectivity index (χ4v) is 5.35. The van der Waals surface area contributed by atoms with E-state index in [1.807, 2.05) is 0 Å². The highest BCUT2D eigenvalue weighted by Gasteiger charge is 2.16. The van der Waals surface area contributed by atoms with Gasteiger partial charge in [-0.15, -0.1) is 0 Å². The number of aryl methyl sites for hydroxylation is 1. The van der Waals surface area contributed by atoms with Crippen LogP contribution in [0.4, 0.5) is 11.4 Å². The van der Waals surface area contributed by atoms with Crippen LogP contribution in [0.15, 0.2) is 103 Å². The highest BCUT2D eigenvalue weighted by Crippen LogP contribution is 2.33. The molecule has 0 radical (unpaired) electrons. The Morgan fingerprint density at radius 3 is 1.51 bits per heavy atom. The third-order valence-corrected chi connectivity index (χ3v) is 7.19. The van der Waals surface area contributed by atoms with E-state index in [0.717, 1.165) is 12.8 Å². The minimum atomic E-state index is 1.08. The molecule has 0 aromatic heterocycles. The molecule has 1 aliphatic carbocycles. The molecular weight excluding hydrogens is 422 g/mol. The lowest BCUT2D eigenvalue weighted by Crippen LogP contribution is -2.31. The lowest BCUT2D eigenvalue weighted by Gasteiger charge is -2.21. The van der Waals surface area contributed by atoms with Crippen LogP contribution >= 0.6 is 0 Å². The number of fused-ring (bicyclic) bond motifs is 2. The van der Waals surface area contributed by atoms with Gasteiger partial charge in [-0.3, -0.25) is 0 Å². The Morgan fingerprint density at radius 1 is 0.514 bits per heavy atom. The number of benzene rings is 5. The first kappa shape index (κ1) is 21.4. The standard InChI is InChI=1S/C34H29N/c1-24-16-18-25(19-17-24)33-29-12-6-8-14-31(29)34(32-15-9-7-13-30(32)33)26-20-22-28(23-21-26)35(2)27-10-4-3-5-11-27/h3-6,8,10-23H,7,9H2,1-2H3. The molecule has 0 unspecified atom stereocenters. The molecule has 0 heterocycles. The number of nitrogens with zero attached hydrogens (tertiary/aromatic N) is 1. The molecule has 0 atom stereocenters. The van der Waals surface area contributed by atoms with Crippen molar-refractivity contribution in [2.24, 2.45) is 0 Å². The molecule has 0 N–H and O–H groups in total. The van der Waals surface area contributed by atoms with Crippen LogP contribution in [0.1, 0.15) is 18.4 Å². The average Bonchev–Trinajstić information content (AvgIpc) is 2.92. The first-order valence-electron chi connectivity index (χ1n) is 12.4. The Hall–Kier alpha value is -4.10. The first-order chi connectivity index (χ1) is 17.2. The highest BCUT2D eigenvalue weighted by molar-refractivity contribution is 6.06. The fourth-order valence-electron chi connectivity index (χ4n) is 5.35. The summed E-state index contributed by atoms with van der Waals surface area (Å²) in [5.41, 5.74) is 8.93. The van der Waals surface area contributed by atoms with Gasteiger partial charge in [-0.2, -0.15) is 0 Å². The summed E-state index contributed by atoms with van der Waals surface area (Å²) in [6.07, 6.45) is 7.06. The first-order valence-corrected chi connectivity index (χ1v) is 12.4. The molecule has 35 heavy (non-hydrogen) atoms. The third kappa shape index (κ3) is 3.84. The van der Waals surface area contributed by atoms with Crippen molar-refractivity contribution in [3.8, 4) is 22.3 Å². The molecule has 170 valence electrons. The Balaban J connectivity index is 1.56. The second kappa shape index (κ2) is 8.92. The van der Waals surface area contributed by atoms with Gasteiger partial charge in [0.15, 0.2) is 0 Å². The van der Waals surface area contributed by atoms with Crippen LogP contribution in [0, 0.1) is 6.92 Å². The quantitative estimate of drug-likeness (QED) is 0.272. The molecule has 5 aromatic rings. The number of anilines is 2. The second-order valence-electron chi connectivity index (χ2n) is 9.42. The lowest BCUT2D eigenvalue weighted by atomic mass is 9.86. The topological polar surface area (TPSA) is 3.24 Å². The van der Waals surface area contributed by atoms with Crippen molar-refractivity contribution in [2.75, 3.05) is 11.9 Å². The third-order valence-electron chi connectivity index (χ3n) is 7.19. The van der Waals surface area contributed by atoms with Gasteiger partial charge in [0, 0.05) is 18.4 Å². The van der Waals surface area contributed by atoms with Crippen molar-refractivity contribution in [3.63, 3.8) is 0 Å². The van der Waals surface area contributed by atoms with E-state index in [4.69, 9.17) is 0 Å². The minimum absolute atomic E-state index is 1.08. The molecule has 0 aliphatic heterocycles. The monoisotopic (exact) mass is 451 g/mol. The highest BCUT2D eigenvalue weighted by atomic mass is 15.1. The van der Waals surface area contributed by atoms with E-state index < -0.39 is 0 Å². The predicted molar refractivity (Wildman–Crippen MR) is 151 cm³/mol. The summed E-state index contributed by atoms with van der Waals surface area (Å²) in [5.74, 6) is 0. The SMILES string of the molecule is Cc1ccc(-c2c3c(c(-c4ccc(N(C)c5ccccc5)cc4)c4ccccc24)=CCCC=3)cc1. The van der Waals surface area contributed by atoms with Crippen LogP contribution in [0.25, 0.3) is 45.2 Å². The maximum Gasteiger partial charge on any atom is 0.0408 e. The van der Waals surface area contributed by atoms with Gasteiger partial charge < -0.3 is 4.90 Å². The summed E-state index contributed by atoms with van der Waals surface area (Å²) in [4.78, 5) is 2.23. The van der Waals surface area contributed by atoms with E-state index in [0.29, 0.717) is 0 Å². The Morgan fingerprint density at radius 2 is 0.971 bits per heavy atom. The maximum absolute atomic E-state index is 2.44. The molecule has 6 rings (SSSR count). The van der Waals surface area contributed by atoms with E-state index in [9.17, 15) is 0 Å². The smallest absolute Gasteiger partial charge is 0.0408 e. The van der Waals surface area contributed by atoms with Crippen molar-refractivity contribution >= 4 is 34.3 Å². The van der Waals surface area contributed by atoms with E-state index in [2.05, 4.69) is 134 Å². The summed E-state index contributed by atoms with van der Waals surface area (Å²) in [6, 6.07) is 37.5. The molecular formula is C34H29N. The predicted octanol–water partition coefficient (Wildman–Crippen LogP) is 7.60. The zero-order valence-electron chi connectivity index (χ0n) is 20.3. The summed E-state index contributed by atoms with van der Waals surface area (Å²) in [7, 11) is 2.13. The Bertz CT molecular complexity index is 1630. The molecule has 1 aliphatic rings. The second-order valence-corrected chi connectivity index (χ2v) is 9.42. The number of hydrogen-bond donors (Lipinski definition) is 0. The van der Waals surface area contributed by atoms with Crippen LogP contribution in [-0.2, 0) is 0 Å². The van der Waals surface area contributed by atoms with E-state index >= 15 is 0 Å². The minimum Gasteiger partial charge on any atom is -0.345 e. The summed E-state index contributed by atoms with van der Waals surface area (Å²) in [5, 5.41) is 5.38. The van der Waals surface area contributed by atoms with Gasteiger partial charge in [0.1, 0.15) is 0 Å². The van der Waals surface area contributed by atoms with Gasteiger partial charge in [-0.05, 0) is 87.5 Å². The average molecular weight is 452 g/mol. The van der Waals surface area contributed by atoms with Crippen LogP contribution in [-0.4, -0.2) is 7.05 Å². The van der Waals surface area contributed by atoms with Crippen LogP contribution in [0.3, 0.4) is 0 Å². The molecule has 0 spiro atoms. The van der Waals surface area contributed by atoms with Crippen molar-refractivity contribution in [2.45, 2.75) is 19.8 Å². The fraction of sp³-hybridized carbons (Fsp3) is 0.118. The molecule has 0 amide bonds. The van der Waals surface area contributed by atoms with Crippen molar-refractivity contribution in [1.29, 1.82) is 0 Å². The zero-order chi connectivity index (χ0) is 23.8. The molecule has 0 saturated heterocycles. The normalized spacial score (nSPS) is 12.5. The number of para-hydroxylation sites is 1. The molecule has 0 saturated carbocycles. The Labute approximate surface area is 207 Å². The molecule has 1 nitrogen and oxygen atoms in total. The van der Waals surface area contributed by atoms with Gasteiger partial charge in [0.05, 0.1) is 0 Å². The number of hydrogen-bond acceptors (Lipinski definition) is 1. The summed E-state index contributed by atoms with van der Waals surface area (Å²) < 4.78 is 0. The number of rotatable bonds is 4. The van der Waals surface area contributed by atoms with Crippen LogP contribution < -0.4 is 15.3 Å². The molecule has 0 fully saturated rings. The summed E-state index contributed by atoms with van der Waals surface area (Å²) >= 11 is 0. The van der Waals surface area contributed by atoms with Gasteiger partial charge in [-0.25, -0.2) is 0 Å². The van der Waals surface area contributed by atoms with Crippen molar-refractivity contribution in [1.82, 2.24) is 0 Å². The van der Waals surface area contributed by atoms with Crippen molar-refractivity contribution < 1.29 is 0 Å². The van der Waals surface area contributed by atoms with E-state index in [-0.39, 0.29) is 0 Å². The zero-order valence-corrected chi connectivity index (χ0v) is 20.3. The largest absolute Gasteiger partial charge is 0.345 e. The Kier molecular flexibility index (Phi) is 5.47. The van der Waals surface area contributed by atoms with Crippen LogP contribution in [0.5, 0.6) is 0 Å².